The lowest BCUT2D eigenvalue weighted by Crippen LogP contribution is -2.00. The molecule has 29 heavy (non-hydrogen) atoms. The third kappa shape index (κ3) is 4.30. The Hall–Kier alpha value is -3.99. The van der Waals surface area contributed by atoms with Crippen molar-refractivity contribution in [1.82, 2.24) is 15.2 Å². The summed E-state index contributed by atoms with van der Waals surface area (Å²) >= 11 is 0. The topological polar surface area (TPSA) is 67.9 Å². The maximum Gasteiger partial charge on any atom is 0.337 e. The fourth-order valence-corrected chi connectivity index (χ4v) is 3.01. The molecule has 2 aromatic carbocycles. The molecule has 0 bridgehead atoms. The molecule has 0 aliphatic heterocycles. The fourth-order valence-electron chi connectivity index (χ4n) is 3.01. The lowest BCUT2D eigenvalue weighted by Gasteiger charge is -2.00. The Kier molecular flexibility index (Phi) is 5.29. The Morgan fingerprint density at radius 3 is 2.52 bits per heavy atom. The van der Waals surface area contributed by atoms with Crippen molar-refractivity contribution >= 4 is 41.2 Å². The number of esters is 1. The van der Waals surface area contributed by atoms with Gasteiger partial charge >= 0.3 is 5.97 Å². The van der Waals surface area contributed by atoms with E-state index in [0.717, 1.165) is 33.3 Å². The number of aromatic amines is 1. The Bertz CT molecular complexity index is 1210. The Balaban J connectivity index is 1.60. The SMILES string of the molecule is COC(=O)c1cccc(C=Cc2ccc3[nH]nc(C=Cc4cccnc4)c3c2)c1. The number of pyridine rings is 1. The lowest BCUT2D eigenvalue weighted by molar-refractivity contribution is 0.0600. The van der Waals surface area contributed by atoms with Crippen LogP contribution in [0, 0.1) is 0 Å². The number of nitrogens with one attached hydrogen (secondary N) is 1. The average molecular weight is 381 g/mol. The first-order chi connectivity index (χ1) is 14.2. The first kappa shape index (κ1) is 18.4. The molecule has 0 aliphatic carbocycles. The van der Waals surface area contributed by atoms with Gasteiger partial charge in [-0.05, 0) is 53.1 Å². The van der Waals surface area contributed by atoms with E-state index in [0.29, 0.717) is 5.56 Å². The van der Waals surface area contributed by atoms with Crippen molar-refractivity contribution in [3.05, 3.63) is 94.9 Å². The van der Waals surface area contributed by atoms with Crippen molar-refractivity contribution in [3.63, 3.8) is 0 Å². The maximum atomic E-state index is 11.7. The molecule has 0 unspecified atom stereocenters. The minimum atomic E-state index is -0.342. The number of methoxy groups -OCH3 is 1. The van der Waals surface area contributed by atoms with Crippen LogP contribution in [-0.4, -0.2) is 28.3 Å². The summed E-state index contributed by atoms with van der Waals surface area (Å²) in [6, 6.07) is 17.3. The third-order valence-electron chi connectivity index (χ3n) is 4.51. The van der Waals surface area contributed by atoms with Crippen LogP contribution >= 0.6 is 0 Å². The van der Waals surface area contributed by atoms with Gasteiger partial charge in [0.05, 0.1) is 23.9 Å². The lowest BCUT2D eigenvalue weighted by atomic mass is 10.1. The number of ether oxygens (including phenoxy) is 1. The van der Waals surface area contributed by atoms with Gasteiger partial charge in [0.25, 0.3) is 0 Å². The van der Waals surface area contributed by atoms with Crippen molar-refractivity contribution < 1.29 is 9.53 Å². The molecule has 142 valence electrons. The minimum absolute atomic E-state index is 0.342. The van der Waals surface area contributed by atoms with Crippen LogP contribution in [0.15, 0.2) is 67.0 Å². The van der Waals surface area contributed by atoms with Crippen molar-refractivity contribution in [2.45, 2.75) is 0 Å². The fraction of sp³-hybridized carbons (Fsp3) is 0.0417. The summed E-state index contributed by atoms with van der Waals surface area (Å²) < 4.78 is 4.78. The van der Waals surface area contributed by atoms with Crippen LogP contribution in [0.2, 0.25) is 0 Å². The largest absolute Gasteiger partial charge is 0.465 e. The number of aromatic nitrogens is 3. The van der Waals surface area contributed by atoms with Gasteiger partial charge < -0.3 is 4.74 Å². The number of nitrogens with zero attached hydrogens (tertiary/aromatic N) is 2. The molecule has 4 aromatic rings. The number of hydrogen-bond acceptors (Lipinski definition) is 4. The molecule has 2 aromatic heterocycles. The zero-order chi connectivity index (χ0) is 20.1. The van der Waals surface area contributed by atoms with E-state index in [2.05, 4.69) is 21.2 Å². The number of H-pyrrole nitrogens is 1. The number of hydrogen-bond donors (Lipinski definition) is 1. The normalized spacial score (nSPS) is 11.5. The first-order valence-corrected chi connectivity index (χ1v) is 9.15. The van der Waals surface area contributed by atoms with E-state index in [1.807, 2.05) is 66.9 Å². The van der Waals surface area contributed by atoms with E-state index in [9.17, 15) is 4.79 Å². The zero-order valence-corrected chi connectivity index (χ0v) is 15.9. The van der Waals surface area contributed by atoms with Crippen molar-refractivity contribution in [2.24, 2.45) is 0 Å². The van der Waals surface area contributed by atoms with Gasteiger partial charge in [0.2, 0.25) is 0 Å². The predicted molar refractivity (Wildman–Crippen MR) is 116 cm³/mol. The Morgan fingerprint density at radius 2 is 1.72 bits per heavy atom. The van der Waals surface area contributed by atoms with E-state index in [4.69, 9.17) is 4.74 Å². The Labute approximate surface area is 168 Å². The predicted octanol–water partition coefficient (Wildman–Crippen LogP) is 5.09. The van der Waals surface area contributed by atoms with Crippen LogP contribution in [0.25, 0.3) is 35.2 Å². The summed E-state index contributed by atoms with van der Waals surface area (Å²) in [6.45, 7) is 0. The zero-order valence-electron chi connectivity index (χ0n) is 15.9. The highest BCUT2D eigenvalue weighted by Crippen LogP contribution is 2.21. The highest BCUT2D eigenvalue weighted by atomic mass is 16.5. The summed E-state index contributed by atoms with van der Waals surface area (Å²) in [4.78, 5) is 15.8. The van der Waals surface area contributed by atoms with Crippen molar-refractivity contribution in [3.8, 4) is 0 Å². The molecule has 0 saturated carbocycles. The summed E-state index contributed by atoms with van der Waals surface area (Å²) in [5.41, 5.74) is 5.36. The number of benzene rings is 2. The smallest absolute Gasteiger partial charge is 0.337 e. The van der Waals surface area contributed by atoms with Gasteiger partial charge in [-0.2, -0.15) is 5.10 Å². The molecule has 0 atom stereocenters. The Morgan fingerprint density at radius 1 is 0.931 bits per heavy atom. The molecule has 0 radical (unpaired) electrons. The molecule has 0 saturated heterocycles. The minimum Gasteiger partial charge on any atom is -0.465 e. The standard InChI is InChI=1S/C24H19N3O2/c1-29-24(28)20-6-2-4-17(14-20)7-8-18-9-11-22-21(15-18)23(27-26-22)12-10-19-5-3-13-25-16-19/h2-16H,1H3,(H,26,27). The van der Waals surface area contributed by atoms with E-state index < -0.39 is 0 Å². The molecular formula is C24H19N3O2. The molecule has 5 heteroatoms. The quantitative estimate of drug-likeness (QED) is 0.386. The highest BCUT2D eigenvalue weighted by molar-refractivity contribution is 5.92. The van der Waals surface area contributed by atoms with Gasteiger partial charge in [0.1, 0.15) is 0 Å². The van der Waals surface area contributed by atoms with Crippen molar-refractivity contribution in [1.29, 1.82) is 0 Å². The molecule has 0 amide bonds. The van der Waals surface area contributed by atoms with Crippen LogP contribution in [0.3, 0.4) is 0 Å². The molecule has 0 aliphatic rings. The maximum absolute atomic E-state index is 11.7. The second-order valence-electron chi connectivity index (χ2n) is 6.48. The summed E-state index contributed by atoms with van der Waals surface area (Å²) in [7, 11) is 1.38. The van der Waals surface area contributed by atoms with Crippen LogP contribution in [0.1, 0.15) is 32.7 Å². The molecule has 1 N–H and O–H groups in total. The van der Waals surface area contributed by atoms with Gasteiger partial charge in [0.15, 0.2) is 0 Å². The van der Waals surface area contributed by atoms with E-state index in [1.54, 1.807) is 18.3 Å². The monoisotopic (exact) mass is 381 g/mol. The first-order valence-electron chi connectivity index (χ1n) is 9.15. The summed E-state index contributed by atoms with van der Waals surface area (Å²) in [6.07, 6.45) is 11.5. The van der Waals surface area contributed by atoms with Gasteiger partial charge in [0, 0.05) is 17.8 Å². The summed E-state index contributed by atoms with van der Waals surface area (Å²) in [5, 5.41) is 8.50. The third-order valence-corrected chi connectivity index (χ3v) is 4.51. The van der Waals surface area contributed by atoms with Gasteiger partial charge in [-0.3, -0.25) is 10.1 Å². The number of carbonyl (C=O) groups excluding carboxylic acids is 1. The van der Waals surface area contributed by atoms with Crippen LogP contribution in [-0.2, 0) is 4.74 Å². The number of carbonyl (C=O) groups is 1. The van der Waals surface area contributed by atoms with E-state index >= 15 is 0 Å². The average Bonchev–Trinajstić information content (AvgIpc) is 3.19. The second kappa shape index (κ2) is 8.35. The van der Waals surface area contributed by atoms with Crippen LogP contribution in [0.4, 0.5) is 0 Å². The van der Waals surface area contributed by atoms with Crippen LogP contribution < -0.4 is 0 Å². The molecule has 0 spiro atoms. The molecule has 4 rings (SSSR count). The number of fused-ring (bicyclic) bond motifs is 1. The second-order valence-corrected chi connectivity index (χ2v) is 6.48. The molecule has 0 fully saturated rings. The number of rotatable bonds is 5. The molecule has 2 heterocycles. The van der Waals surface area contributed by atoms with Gasteiger partial charge in [-0.1, -0.05) is 42.5 Å². The highest BCUT2D eigenvalue weighted by Gasteiger charge is 2.05. The van der Waals surface area contributed by atoms with Crippen molar-refractivity contribution in [2.75, 3.05) is 7.11 Å². The van der Waals surface area contributed by atoms with E-state index in [-0.39, 0.29) is 5.97 Å². The van der Waals surface area contributed by atoms with Gasteiger partial charge in [-0.15, -0.1) is 0 Å². The van der Waals surface area contributed by atoms with Gasteiger partial charge in [-0.25, -0.2) is 4.79 Å². The van der Waals surface area contributed by atoms with E-state index in [1.165, 1.54) is 7.11 Å². The summed E-state index contributed by atoms with van der Waals surface area (Å²) in [5.74, 6) is -0.342. The van der Waals surface area contributed by atoms with Crippen LogP contribution in [0.5, 0.6) is 0 Å². The molecule has 5 nitrogen and oxygen atoms in total. The molecular weight excluding hydrogens is 362 g/mol.